The minimum absolute atomic E-state index is 0.0740. The third-order valence-corrected chi connectivity index (χ3v) is 2.05. The largest absolute Gasteiger partial charge is 0.292 e. The first-order valence-corrected chi connectivity index (χ1v) is 4.91. The number of Topliss-reactive ketones (excluding diaryl/α,β-unsaturated/α-hetero) is 1. The molecule has 76 valence electrons. The molecule has 0 aliphatic heterocycles. The van der Waals surface area contributed by atoms with Crippen LogP contribution >= 0.6 is 11.6 Å². The van der Waals surface area contributed by atoms with E-state index in [1.807, 2.05) is 0 Å². The zero-order chi connectivity index (χ0) is 10.6. The van der Waals surface area contributed by atoms with Crippen LogP contribution in [0.1, 0.15) is 29.0 Å². The van der Waals surface area contributed by atoms with Crippen molar-refractivity contribution >= 4 is 17.4 Å². The fourth-order valence-electron chi connectivity index (χ4n) is 1.08. The summed E-state index contributed by atoms with van der Waals surface area (Å²) in [5, 5.41) is 0. The molecule has 0 saturated heterocycles. The van der Waals surface area contributed by atoms with Gasteiger partial charge in [0.05, 0.1) is 0 Å². The van der Waals surface area contributed by atoms with E-state index in [1.165, 1.54) is 12.1 Å². The van der Waals surface area contributed by atoms with Crippen LogP contribution in [-0.2, 0) is 0 Å². The van der Waals surface area contributed by atoms with Crippen LogP contribution in [0.4, 0.5) is 4.39 Å². The number of halogens is 2. The fraction of sp³-hybridized carbons (Fsp3) is 0.400. The number of hydrogen-bond acceptors (Lipinski definition) is 2. The molecule has 0 aliphatic rings. The Bertz CT molecular complexity index is 341. The molecule has 0 aromatic carbocycles. The number of carbonyl (C=O) groups is 1. The predicted octanol–water partition coefficient (Wildman–Crippen LogP) is 2.73. The smallest absolute Gasteiger partial charge is 0.184 e. The van der Waals surface area contributed by atoms with Gasteiger partial charge in [-0.15, -0.1) is 11.6 Å². The highest BCUT2D eigenvalue weighted by Gasteiger charge is 2.12. The van der Waals surface area contributed by atoms with Gasteiger partial charge in [-0.3, -0.25) is 4.79 Å². The Kier molecular flexibility index (Phi) is 4.01. The molecule has 0 spiro atoms. The Hall–Kier alpha value is -0.960. The van der Waals surface area contributed by atoms with E-state index in [1.54, 1.807) is 6.92 Å². The van der Waals surface area contributed by atoms with Crippen molar-refractivity contribution in [3.8, 4) is 0 Å². The number of rotatable bonds is 4. The molecule has 1 aromatic rings. The second-order valence-corrected chi connectivity index (χ2v) is 3.38. The van der Waals surface area contributed by atoms with Gasteiger partial charge in [0.1, 0.15) is 5.69 Å². The summed E-state index contributed by atoms with van der Waals surface area (Å²) < 4.78 is 13.1. The molecule has 0 N–H and O–H groups in total. The Morgan fingerprint density at radius 1 is 1.57 bits per heavy atom. The molecular weight excluding hydrogens is 205 g/mol. The fourth-order valence-corrected chi connectivity index (χ4v) is 1.21. The third kappa shape index (κ3) is 2.77. The lowest BCUT2D eigenvalue weighted by Gasteiger charge is -2.01. The topological polar surface area (TPSA) is 30.0 Å². The second-order valence-electron chi connectivity index (χ2n) is 3.00. The van der Waals surface area contributed by atoms with Crippen molar-refractivity contribution < 1.29 is 9.18 Å². The first-order chi connectivity index (χ1) is 6.65. The van der Waals surface area contributed by atoms with E-state index in [9.17, 15) is 9.18 Å². The van der Waals surface area contributed by atoms with E-state index >= 15 is 0 Å². The quantitative estimate of drug-likeness (QED) is 0.571. The number of nitrogens with zero attached hydrogens (tertiary/aromatic N) is 1. The van der Waals surface area contributed by atoms with Gasteiger partial charge in [0.25, 0.3) is 0 Å². The van der Waals surface area contributed by atoms with E-state index < -0.39 is 5.82 Å². The van der Waals surface area contributed by atoms with Gasteiger partial charge in [0.15, 0.2) is 11.6 Å². The number of hydrogen-bond donors (Lipinski definition) is 0. The van der Waals surface area contributed by atoms with Crippen LogP contribution in [0.2, 0.25) is 0 Å². The molecule has 0 unspecified atom stereocenters. The molecule has 0 bridgehead atoms. The highest BCUT2D eigenvalue weighted by atomic mass is 35.5. The zero-order valence-corrected chi connectivity index (χ0v) is 8.64. The maximum atomic E-state index is 13.1. The number of aromatic nitrogens is 1. The minimum Gasteiger partial charge on any atom is -0.292 e. The number of carbonyl (C=O) groups excluding carboxylic acids is 1. The molecule has 4 heteroatoms. The van der Waals surface area contributed by atoms with Gasteiger partial charge < -0.3 is 0 Å². The highest BCUT2D eigenvalue weighted by Crippen LogP contribution is 2.09. The minimum atomic E-state index is -0.560. The van der Waals surface area contributed by atoms with Crippen LogP contribution in [-0.4, -0.2) is 16.6 Å². The molecule has 1 rings (SSSR count). The van der Waals surface area contributed by atoms with Crippen LogP contribution in [0.3, 0.4) is 0 Å². The monoisotopic (exact) mass is 215 g/mol. The molecule has 0 amide bonds. The third-order valence-electron chi connectivity index (χ3n) is 1.79. The lowest BCUT2D eigenvalue weighted by Crippen LogP contribution is -2.06. The van der Waals surface area contributed by atoms with Gasteiger partial charge in [-0.1, -0.05) is 0 Å². The molecule has 1 heterocycles. The average molecular weight is 216 g/mol. The van der Waals surface area contributed by atoms with Crippen molar-refractivity contribution in [1.82, 2.24) is 4.98 Å². The van der Waals surface area contributed by atoms with Crippen LogP contribution in [0.25, 0.3) is 0 Å². The summed E-state index contributed by atoms with van der Waals surface area (Å²) in [6.45, 7) is 1.72. The summed E-state index contributed by atoms with van der Waals surface area (Å²) >= 11 is 5.44. The van der Waals surface area contributed by atoms with E-state index in [-0.39, 0.29) is 17.9 Å². The first-order valence-electron chi connectivity index (χ1n) is 4.37. The Balaban J connectivity index is 2.83. The molecule has 0 radical (unpaired) electrons. The highest BCUT2D eigenvalue weighted by molar-refractivity contribution is 6.18. The van der Waals surface area contributed by atoms with Gasteiger partial charge in [-0.25, -0.2) is 9.37 Å². The molecule has 2 nitrogen and oxygen atoms in total. The van der Waals surface area contributed by atoms with E-state index in [0.717, 1.165) is 0 Å². The van der Waals surface area contributed by atoms with E-state index in [4.69, 9.17) is 11.6 Å². The standard InChI is InChI=1S/C10H11ClFNO/c1-7-4-5-8(12)10(13-7)9(14)3-2-6-11/h4-5H,2-3,6H2,1H3. The maximum Gasteiger partial charge on any atom is 0.184 e. The molecule has 0 saturated carbocycles. The van der Waals surface area contributed by atoms with Crippen molar-refractivity contribution in [3.05, 3.63) is 29.3 Å². The van der Waals surface area contributed by atoms with Crippen LogP contribution in [0, 0.1) is 12.7 Å². The summed E-state index contributed by atoms with van der Waals surface area (Å²) in [6.07, 6.45) is 0.798. The summed E-state index contributed by atoms with van der Waals surface area (Å²) in [5.41, 5.74) is 0.566. The van der Waals surface area contributed by atoms with E-state index in [0.29, 0.717) is 18.0 Å². The normalized spacial score (nSPS) is 10.2. The molecule has 0 aliphatic carbocycles. The molecule has 14 heavy (non-hydrogen) atoms. The number of ketones is 1. The summed E-state index contributed by atoms with van der Waals surface area (Å²) in [4.78, 5) is 15.3. The van der Waals surface area contributed by atoms with Gasteiger partial charge in [0, 0.05) is 18.0 Å². The summed E-state index contributed by atoms with van der Waals surface area (Å²) in [5.74, 6) is -0.443. The predicted molar refractivity (Wildman–Crippen MR) is 53.2 cm³/mol. The molecule has 0 fully saturated rings. The molecule has 0 atom stereocenters. The van der Waals surface area contributed by atoms with Crippen LogP contribution in [0.15, 0.2) is 12.1 Å². The lowest BCUT2D eigenvalue weighted by molar-refractivity contribution is 0.0972. The first kappa shape index (κ1) is 11.1. The van der Waals surface area contributed by atoms with Crippen molar-refractivity contribution in [2.75, 3.05) is 5.88 Å². The summed E-state index contributed by atoms with van der Waals surface area (Å²) in [6, 6.07) is 2.80. The molecule has 1 aromatic heterocycles. The van der Waals surface area contributed by atoms with E-state index in [2.05, 4.69) is 4.98 Å². The number of aryl methyl sites for hydroxylation is 1. The van der Waals surface area contributed by atoms with Gasteiger partial charge in [0.2, 0.25) is 0 Å². The van der Waals surface area contributed by atoms with Crippen LogP contribution in [0.5, 0.6) is 0 Å². The van der Waals surface area contributed by atoms with Gasteiger partial charge in [-0.2, -0.15) is 0 Å². The van der Waals surface area contributed by atoms with Crippen LogP contribution < -0.4 is 0 Å². The average Bonchev–Trinajstić information content (AvgIpc) is 2.18. The van der Waals surface area contributed by atoms with Gasteiger partial charge >= 0.3 is 0 Å². The SMILES string of the molecule is Cc1ccc(F)c(C(=O)CCCCl)n1. The lowest BCUT2D eigenvalue weighted by atomic mass is 10.1. The van der Waals surface area contributed by atoms with Crippen molar-refractivity contribution in [2.45, 2.75) is 19.8 Å². The zero-order valence-electron chi connectivity index (χ0n) is 7.89. The summed E-state index contributed by atoms with van der Waals surface area (Å²) in [7, 11) is 0. The van der Waals surface area contributed by atoms with Crippen molar-refractivity contribution in [1.29, 1.82) is 0 Å². The number of pyridine rings is 1. The number of alkyl halides is 1. The van der Waals surface area contributed by atoms with Gasteiger partial charge in [-0.05, 0) is 25.5 Å². The molecular formula is C10H11ClFNO. The Labute approximate surface area is 87.1 Å². The Morgan fingerprint density at radius 2 is 2.29 bits per heavy atom. The second kappa shape index (κ2) is 5.05. The van der Waals surface area contributed by atoms with Crippen molar-refractivity contribution in [3.63, 3.8) is 0 Å². The maximum absolute atomic E-state index is 13.1. The van der Waals surface area contributed by atoms with Crippen molar-refractivity contribution in [2.24, 2.45) is 0 Å². The Morgan fingerprint density at radius 3 is 2.93 bits per heavy atom.